The molecule has 1 amide bonds. The second-order valence-corrected chi connectivity index (χ2v) is 7.84. The Morgan fingerprint density at radius 1 is 0.821 bits per heavy atom. The van der Waals surface area contributed by atoms with Crippen molar-refractivity contribution in [2.75, 3.05) is 0 Å². The summed E-state index contributed by atoms with van der Waals surface area (Å²) in [5, 5.41) is 2.77. The molecular formula is C20H15NO7. The topological polar surface area (TPSA) is 116 Å². The summed E-state index contributed by atoms with van der Waals surface area (Å²) in [5.41, 5.74) is -2.37. The van der Waals surface area contributed by atoms with Crippen molar-refractivity contribution in [1.29, 1.82) is 0 Å². The summed E-state index contributed by atoms with van der Waals surface area (Å²) in [7, 11) is 0. The first kappa shape index (κ1) is 16.9. The maximum Gasteiger partial charge on any atom is 0.320 e. The molecule has 0 aromatic heterocycles. The molecule has 1 aromatic carbocycles. The molecule has 28 heavy (non-hydrogen) atoms. The van der Waals surface area contributed by atoms with Gasteiger partial charge in [0.25, 0.3) is 5.91 Å². The second kappa shape index (κ2) is 5.15. The van der Waals surface area contributed by atoms with E-state index in [0.717, 1.165) is 0 Å². The molecule has 1 N–H and O–H groups in total. The van der Waals surface area contributed by atoms with Gasteiger partial charge in [-0.2, -0.15) is 0 Å². The monoisotopic (exact) mass is 381 g/mol. The van der Waals surface area contributed by atoms with Crippen LogP contribution in [-0.2, 0) is 28.7 Å². The van der Waals surface area contributed by atoms with Crippen molar-refractivity contribution in [3.63, 3.8) is 0 Å². The summed E-state index contributed by atoms with van der Waals surface area (Å²) in [6.07, 6.45) is 3.18. The van der Waals surface area contributed by atoms with Gasteiger partial charge in [-0.15, -0.1) is 0 Å². The van der Waals surface area contributed by atoms with Crippen molar-refractivity contribution in [2.45, 2.75) is 12.5 Å². The first-order chi connectivity index (χ1) is 13.3. The first-order valence-corrected chi connectivity index (χ1v) is 8.88. The zero-order valence-corrected chi connectivity index (χ0v) is 14.7. The van der Waals surface area contributed by atoms with Gasteiger partial charge in [0.15, 0.2) is 0 Å². The molecule has 6 rings (SSSR count). The molecule has 8 nitrogen and oxygen atoms in total. The van der Waals surface area contributed by atoms with E-state index in [1.54, 1.807) is 49.4 Å². The van der Waals surface area contributed by atoms with E-state index < -0.39 is 64.4 Å². The highest BCUT2D eigenvalue weighted by Gasteiger charge is 2.78. The molecule has 2 heterocycles. The number of benzene rings is 1. The number of hydrogen-bond acceptors (Lipinski definition) is 7. The Morgan fingerprint density at radius 2 is 1.32 bits per heavy atom. The van der Waals surface area contributed by atoms with E-state index in [-0.39, 0.29) is 0 Å². The third kappa shape index (κ3) is 1.82. The molecule has 142 valence electrons. The predicted molar refractivity (Wildman–Crippen MR) is 90.0 cm³/mol. The Balaban J connectivity index is 1.69. The molecule has 2 aliphatic heterocycles. The van der Waals surface area contributed by atoms with Gasteiger partial charge in [0, 0.05) is 11.0 Å². The van der Waals surface area contributed by atoms with E-state index in [2.05, 4.69) is 5.32 Å². The maximum atomic E-state index is 12.9. The number of carbonyl (C=O) groups is 5. The summed E-state index contributed by atoms with van der Waals surface area (Å²) < 4.78 is 9.74. The maximum absolute atomic E-state index is 12.9. The highest BCUT2D eigenvalue weighted by Crippen LogP contribution is 2.64. The number of rotatable bonds is 2. The smallest absolute Gasteiger partial charge is 0.320 e. The predicted octanol–water partition coefficient (Wildman–Crippen LogP) is 0.376. The summed E-state index contributed by atoms with van der Waals surface area (Å²) in [6.45, 7) is 1.64. The van der Waals surface area contributed by atoms with Crippen LogP contribution in [0.1, 0.15) is 17.3 Å². The van der Waals surface area contributed by atoms with Gasteiger partial charge in [-0.25, -0.2) is 0 Å². The number of hydrogen-bond donors (Lipinski definition) is 1. The SMILES string of the molecule is CC12C=CC(NC(=O)c3ccccc3)([C@@H]3C(=O)OC(=O)[C@@H]31)[C@H]1C(=O)OC(=O)[C@H]12. The highest BCUT2D eigenvalue weighted by molar-refractivity contribution is 6.06. The Morgan fingerprint density at radius 3 is 1.86 bits per heavy atom. The third-order valence-corrected chi connectivity index (χ3v) is 6.54. The van der Waals surface area contributed by atoms with Crippen molar-refractivity contribution in [3.05, 3.63) is 48.0 Å². The average Bonchev–Trinajstić information content (AvgIpc) is 3.16. The Labute approximate surface area is 158 Å². The number of allylic oxidation sites excluding steroid dienone is 1. The van der Waals surface area contributed by atoms with Crippen molar-refractivity contribution in [1.82, 2.24) is 5.32 Å². The minimum atomic E-state index is -1.58. The molecule has 3 aliphatic carbocycles. The van der Waals surface area contributed by atoms with Crippen LogP contribution in [0.15, 0.2) is 42.5 Å². The molecule has 1 saturated carbocycles. The normalized spacial score (nSPS) is 40.0. The van der Waals surface area contributed by atoms with E-state index >= 15 is 0 Å². The quantitative estimate of drug-likeness (QED) is 0.447. The standard InChI is InChI=1S/C20H15NO7/c1-19-7-8-20(12-10(19)15(23)27-17(12)25,13-11(19)16(24)28-18(13)26)21-14(22)9-5-3-2-4-6-9/h2-8,10-13H,1H3,(H,21,22)/t10-,11+,12+,13-,19?,20?. The molecular weight excluding hydrogens is 366 g/mol. The number of carbonyl (C=O) groups excluding carboxylic acids is 5. The first-order valence-electron chi connectivity index (χ1n) is 8.88. The fourth-order valence-corrected chi connectivity index (χ4v) is 5.34. The van der Waals surface area contributed by atoms with Gasteiger partial charge in [0.1, 0.15) is 0 Å². The van der Waals surface area contributed by atoms with Gasteiger partial charge in [-0.1, -0.05) is 37.3 Å². The lowest BCUT2D eigenvalue weighted by atomic mass is 9.44. The Bertz CT molecular complexity index is 953. The lowest BCUT2D eigenvalue weighted by Gasteiger charge is -2.56. The van der Waals surface area contributed by atoms with Crippen molar-refractivity contribution in [2.24, 2.45) is 29.1 Å². The van der Waals surface area contributed by atoms with Gasteiger partial charge >= 0.3 is 23.9 Å². The number of cyclic esters (lactones) is 4. The van der Waals surface area contributed by atoms with E-state index in [4.69, 9.17) is 9.47 Å². The summed E-state index contributed by atoms with van der Waals surface area (Å²) >= 11 is 0. The van der Waals surface area contributed by atoms with Gasteiger partial charge in [-0.3, -0.25) is 24.0 Å². The number of ether oxygens (including phenoxy) is 2. The minimum Gasteiger partial charge on any atom is -0.393 e. The lowest BCUT2D eigenvalue weighted by Crippen LogP contribution is -2.72. The van der Waals surface area contributed by atoms with Gasteiger partial charge in [0.2, 0.25) is 0 Å². The third-order valence-electron chi connectivity index (χ3n) is 6.54. The minimum absolute atomic E-state index is 0.313. The molecule has 2 saturated heterocycles. The van der Waals surface area contributed by atoms with E-state index in [9.17, 15) is 24.0 Å². The van der Waals surface area contributed by atoms with E-state index in [1.807, 2.05) is 0 Å². The van der Waals surface area contributed by atoms with Crippen LogP contribution in [0.3, 0.4) is 0 Å². The summed E-state index contributed by atoms with van der Waals surface area (Å²) in [4.78, 5) is 63.0. The van der Waals surface area contributed by atoms with Crippen molar-refractivity contribution < 1.29 is 33.4 Å². The lowest BCUT2D eigenvalue weighted by molar-refractivity contribution is -0.155. The van der Waals surface area contributed by atoms with Gasteiger partial charge in [-0.05, 0) is 12.1 Å². The van der Waals surface area contributed by atoms with Crippen LogP contribution in [0.2, 0.25) is 0 Å². The summed E-state index contributed by atoms with van der Waals surface area (Å²) in [5.74, 6) is -7.87. The number of esters is 4. The van der Waals surface area contributed by atoms with Crippen LogP contribution in [0, 0.1) is 29.1 Å². The molecule has 6 atom stereocenters. The fraction of sp³-hybridized carbons (Fsp3) is 0.350. The zero-order chi connectivity index (χ0) is 19.8. The fourth-order valence-electron chi connectivity index (χ4n) is 5.34. The molecule has 5 aliphatic rings. The van der Waals surface area contributed by atoms with Crippen LogP contribution in [0.25, 0.3) is 0 Å². The van der Waals surface area contributed by atoms with E-state index in [0.29, 0.717) is 5.56 Å². The molecule has 2 bridgehead atoms. The van der Waals surface area contributed by atoms with Crippen LogP contribution in [0.5, 0.6) is 0 Å². The molecule has 8 heteroatoms. The van der Waals surface area contributed by atoms with Crippen molar-refractivity contribution >= 4 is 29.8 Å². The second-order valence-electron chi connectivity index (χ2n) is 7.84. The largest absolute Gasteiger partial charge is 0.393 e. The number of amides is 1. The van der Waals surface area contributed by atoms with Gasteiger partial charge < -0.3 is 14.8 Å². The molecule has 0 spiro atoms. The number of nitrogens with one attached hydrogen (secondary N) is 1. The zero-order valence-electron chi connectivity index (χ0n) is 14.7. The van der Waals surface area contributed by atoms with Crippen LogP contribution < -0.4 is 5.32 Å². The van der Waals surface area contributed by atoms with Gasteiger partial charge in [0.05, 0.1) is 29.2 Å². The average molecular weight is 381 g/mol. The van der Waals surface area contributed by atoms with Crippen LogP contribution >= 0.6 is 0 Å². The molecule has 3 fully saturated rings. The Kier molecular flexibility index (Phi) is 3.10. The Hall–Kier alpha value is -3.29. The highest BCUT2D eigenvalue weighted by atomic mass is 16.6. The molecule has 0 radical (unpaired) electrons. The van der Waals surface area contributed by atoms with Crippen LogP contribution in [-0.4, -0.2) is 35.3 Å². The van der Waals surface area contributed by atoms with Crippen molar-refractivity contribution in [3.8, 4) is 0 Å². The van der Waals surface area contributed by atoms with Crippen LogP contribution in [0.4, 0.5) is 0 Å². The summed E-state index contributed by atoms with van der Waals surface area (Å²) in [6, 6.07) is 8.25. The molecule has 1 aromatic rings. The molecule has 2 unspecified atom stereocenters. The van der Waals surface area contributed by atoms with E-state index in [1.165, 1.54) is 0 Å².